The summed E-state index contributed by atoms with van der Waals surface area (Å²) in [5.41, 5.74) is 1.92. The van der Waals surface area contributed by atoms with Crippen molar-refractivity contribution in [3.8, 4) is 17.2 Å². The first kappa shape index (κ1) is 17.8. The molecule has 0 bridgehead atoms. The molecule has 1 N–H and O–H groups in total. The van der Waals surface area contributed by atoms with Gasteiger partial charge in [0.25, 0.3) is 5.56 Å². The lowest BCUT2D eigenvalue weighted by molar-refractivity contribution is 0.305. The highest BCUT2D eigenvalue weighted by Gasteiger charge is 2.09. The predicted molar refractivity (Wildman–Crippen MR) is 104 cm³/mol. The van der Waals surface area contributed by atoms with Gasteiger partial charge in [-0.2, -0.15) is 0 Å². The van der Waals surface area contributed by atoms with Crippen molar-refractivity contribution in [2.24, 2.45) is 0 Å². The van der Waals surface area contributed by atoms with Crippen LogP contribution in [0.1, 0.15) is 18.1 Å². The lowest BCUT2D eigenvalue weighted by Gasteiger charge is -2.12. The van der Waals surface area contributed by atoms with Gasteiger partial charge in [-0.3, -0.25) is 9.36 Å². The summed E-state index contributed by atoms with van der Waals surface area (Å²) >= 11 is 5.86. The molecule has 0 atom stereocenters. The number of ether oxygens (including phenoxy) is 1. The Balaban J connectivity index is 1.85. The fraction of sp³-hybridized carbons (Fsp3) is 0.0952. The fourth-order valence-electron chi connectivity index (χ4n) is 2.59. The summed E-state index contributed by atoms with van der Waals surface area (Å²) in [6.45, 7) is 2.20. The molecule has 0 radical (unpaired) electrons. The molecule has 0 saturated heterocycles. The van der Waals surface area contributed by atoms with Crippen molar-refractivity contribution in [1.82, 2.24) is 4.57 Å². The minimum Gasteiger partial charge on any atom is -0.507 e. The van der Waals surface area contributed by atoms with Crippen molar-refractivity contribution in [3.05, 3.63) is 93.4 Å². The summed E-state index contributed by atoms with van der Waals surface area (Å²) in [5.74, 6) is 0.601. The van der Waals surface area contributed by atoms with Crippen LogP contribution in [-0.4, -0.2) is 9.67 Å². The van der Waals surface area contributed by atoms with Gasteiger partial charge in [-0.15, -0.1) is 0 Å². The largest absolute Gasteiger partial charge is 0.507 e. The number of aromatic hydroxyl groups is 1. The van der Waals surface area contributed by atoms with Crippen LogP contribution in [0.4, 0.5) is 0 Å². The molecule has 4 nitrogen and oxygen atoms in total. The number of benzene rings is 2. The summed E-state index contributed by atoms with van der Waals surface area (Å²) in [5, 5.41) is 10.7. The smallest absolute Gasteiger partial charge is 0.258 e. The Morgan fingerprint density at radius 3 is 2.62 bits per heavy atom. The highest BCUT2D eigenvalue weighted by Crippen LogP contribution is 2.25. The minimum atomic E-state index is -0.241. The van der Waals surface area contributed by atoms with Gasteiger partial charge >= 0.3 is 0 Å². The van der Waals surface area contributed by atoms with E-state index < -0.39 is 0 Å². The molecule has 0 spiro atoms. The van der Waals surface area contributed by atoms with Crippen molar-refractivity contribution < 1.29 is 9.84 Å². The number of halogens is 1. The molecule has 0 fully saturated rings. The quantitative estimate of drug-likeness (QED) is 0.704. The lowest BCUT2D eigenvalue weighted by Crippen LogP contribution is -2.17. The molecule has 0 aliphatic heterocycles. The Bertz CT molecular complexity index is 991. The van der Waals surface area contributed by atoms with E-state index in [0.717, 1.165) is 5.56 Å². The van der Waals surface area contributed by atoms with E-state index >= 15 is 0 Å². The van der Waals surface area contributed by atoms with Crippen LogP contribution in [0.5, 0.6) is 11.5 Å². The number of hydrogen-bond acceptors (Lipinski definition) is 3. The molecule has 0 unspecified atom stereocenters. The second-order valence-electron chi connectivity index (χ2n) is 5.70. The SMILES string of the molecule is CC=Cc1c(O)cccc1-n1ccc(OCc2ccc(Cl)cc2)cc1=O. The van der Waals surface area contributed by atoms with Crippen LogP contribution >= 0.6 is 11.6 Å². The first-order chi connectivity index (χ1) is 12.6. The van der Waals surface area contributed by atoms with E-state index in [-0.39, 0.29) is 11.3 Å². The van der Waals surface area contributed by atoms with Crippen LogP contribution in [-0.2, 0) is 6.61 Å². The van der Waals surface area contributed by atoms with Gasteiger partial charge in [-0.05, 0) is 42.8 Å². The normalized spacial score (nSPS) is 11.0. The molecule has 0 amide bonds. The third-order valence-electron chi connectivity index (χ3n) is 3.86. The van der Waals surface area contributed by atoms with Gasteiger partial charge in [-0.25, -0.2) is 0 Å². The minimum absolute atomic E-state index is 0.121. The first-order valence-corrected chi connectivity index (χ1v) is 8.51. The zero-order valence-corrected chi connectivity index (χ0v) is 15.0. The predicted octanol–water partition coefficient (Wildman–Crippen LogP) is 4.81. The lowest BCUT2D eigenvalue weighted by atomic mass is 10.1. The molecule has 5 heteroatoms. The zero-order valence-electron chi connectivity index (χ0n) is 14.2. The van der Waals surface area contributed by atoms with Gasteiger partial charge in [0.15, 0.2) is 0 Å². The highest BCUT2D eigenvalue weighted by molar-refractivity contribution is 6.30. The third-order valence-corrected chi connectivity index (χ3v) is 4.11. The Morgan fingerprint density at radius 2 is 1.92 bits per heavy atom. The number of rotatable bonds is 5. The Kier molecular flexibility index (Phi) is 5.44. The van der Waals surface area contributed by atoms with Crippen LogP contribution < -0.4 is 10.3 Å². The molecular weight excluding hydrogens is 350 g/mol. The average molecular weight is 368 g/mol. The second-order valence-corrected chi connectivity index (χ2v) is 6.13. The van der Waals surface area contributed by atoms with E-state index in [0.29, 0.717) is 28.6 Å². The maximum Gasteiger partial charge on any atom is 0.258 e. The molecular formula is C21H18ClNO3. The van der Waals surface area contributed by atoms with Gasteiger partial charge in [0, 0.05) is 22.8 Å². The molecule has 132 valence electrons. The van der Waals surface area contributed by atoms with Crippen LogP contribution in [0.15, 0.2) is 71.7 Å². The van der Waals surface area contributed by atoms with Crippen LogP contribution in [0.25, 0.3) is 11.8 Å². The first-order valence-electron chi connectivity index (χ1n) is 8.13. The van der Waals surface area contributed by atoms with Crippen molar-refractivity contribution in [3.63, 3.8) is 0 Å². The Labute approximate surface area is 156 Å². The van der Waals surface area contributed by atoms with E-state index in [1.54, 1.807) is 48.7 Å². The maximum absolute atomic E-state index is 12.5. The number of nitrogens with zero attached hydrogens (tertiary/aromatic N) is 1. The highest BCUT2D eigenvalue weighted by atomic mass is 35.5. The summed E-state index contributed by atoms with van der Waals surface area (Å²) in [6, 6.07) is 15.6. The third kappa shape index (κ3) is 3.98. The molecule has 3 aromatic rings. The number of pyridine rings is 1. The molecule has 26 heavy (non-hydrogen) atoms. The van der Waals surface area contributed by atoms with E-state index in [1.165, 1.54) is 10.6 Å². The number of aromatic nitrogens is 1. The van der Waals surface area contributed by atoms with Gasteiger partial charge in [0.2, 0.25) is 0 Å². The monoisotopic (exact) mass is 367 g/mol. The molecule has 1 aromatic heterocycles. The Morgan fingerprint density at radius 1 is 1.15 bits per heavy atom. The van der Waals surface area contributed by atoms with Crippen LogP contribution in [0, 0.1) is 0 Å². The zero-order chi connectivity index (χ0) is 18.5. The van der Waals surface area contributed by atoms with E-state index in [4.69, 9.17) is 16.3 Å². The Hall–Kier alpha value is -2.98. The van der Waals surface area contributed by atoms with Crippen molar-refractivity contribution in [2.75, 3.05) is 0 Å². The molecule has 2 aromatic carbocycles. The molecule has 0 saturated carbocycles. The average Bonchev–Trinajstić information content (AvgIpc) is 2.63. The fourth-order valence-corrected chi connectivity index (χ4v) is 2.71. The maximum atomic E-state index is 12.5. The van der Waals surface area contributed by atoms with Gasteiger partial charge in [0.05, 0.1) is 5.69 Å². The van der Waals surface area contributed by atoms with Crippen molar-refractivity contribution in [2.45, 2.75) is 13.5 Å². The van der Waals surface area contributed by atoms with Crippen LogP contribution in [0.3, 0.4) is 0 Å². The van der Waals surface area contributed by atoms with Crippen LogP contribution in [0.2, 0.25) is 5.02 Å². The molecule has 3 rings (SSSR count). The van der Waals surface area contributed by atoms with Crippen molar-refractivity contribution >= 4 is 17.7 Å². The number of hydrogen-bond donors (Lipinski definition) is 1. The van der Waals surface area contributed by atoms with Gasteiger partial charge < -0.3 is 9.84 Å². The van der Waals surface area contributed by atoms with E-state index in [2.05, 4.69) is 0 Å². The van der Waals surface area contributed by atoms with E-state index in [9.17, 15) is 9.90 Å². The number of phenolic OH excluding ortho intramolecular Hbond substituents is 1. The summed E-state index contributed by atoms with van der Waals surface area (Å²) in [4.78, 5) is 12.5. The summed E-state index contributed by atoms with van der Waals surface area (Å²) < 4.78 is 7.16. The molecule has 1 heterocycles. The van der Waals surface area contributed by atoms with Crippen molar-refractivity contribution in [1.29, 1.82) is 0 Å². The van der Waals surface area contributed by atoms with Gasteiger partial charge in [-0.1, -0.05) is 42.0 Å². The summed E-state index contributed by atoms with van der Waals surface area (Å²) in [7, 11) is 0. The number of phenols is 1. The van der Waals surface area contributed by atoms with Gasteiger partial charge in [0.1, 0.15) is 18.1 Å². The summed E-state index contributed by atoms with van der Waals surface area (Å²) in [6.07, 6.45) is 5.22. The second kappa shape index (κ2) is 7.93. The standard InChI is InChI=1S/C21H18ClNO3/c1-2-4-18-19(5-3-6-20(18)24)23-12-11-17(13-21(23)25)26-14-15-7-9-16(22)10-8-15/h2-13,24H,14H2,1H3. The molecule has 0 aliphatic carbocycles. The molecule has 0 aliphatic rings. The van der Waals surface area contributed by atoms with E-state index in [1.807, 2.05) is 25.1 Å². The topological polar surface area (TPSA) is 51.5 Å². The number of allylic oxidation sites excluding steroid dienone is 1.